The summed E-state index contributed by atoms with van der Waals surface area (Å²) in [7, 11) is 1.93. The van der Waals surface area contributed by atoms with Gasteiger partial charge >= 0.3 is 0 Å². The monoisotopic (exact) mass is 233 g/mol. The third kappa shape index (κ3) is 3.17. The summed E-state index contributed by atoms with van der Waals surface area (Å²) >= 11 is 0. The molecule has 0 spiro atoms. The molecule has 0 saturated heterocycles. The van der Waals surface area contributed by atoms with E-state index in [1.54, 1.807) is 0 Å². The fourth-order valence-electron chi connectivity index (χ4n) is 1.77. The van der Waals surface area contributed by atoms with Crippen LogP contribution in [0.15, 0.2) is 24.8 Å². The Morgan fingerprint density at radius 1 is 1.29 bits per heavy atom. The molecule has 0 aliphatic rings. The van der Waals surface area contributed by atoms with Crippen LogP contribution in [-0.2, 0) is 13.6 Å². The molecule has 2 rings (SSSR count). The topological polar surface area (TPSA) is 47.7 Å². The Bertz CT molecular complexity index is 471. The summed E-state index contributed by atoms with van der Waals surface area (Å²) in [6.45, 7) is 5.98. The van der Waals surface area contributed by atoms with Gasteiger partial charge in [0.2, 0.25) is 0 Å². The second-order valence-corrected chi connectivity index (χ2v) is 4.40. The summed E-state index contributed by atoms with van der Waals surface area (Å²) in [6, 6.07) is 0.320. The van der Waals surface area contributed by atoms with Crippen molar-refractivity contribution in [1.29, 1.82) is 0 Å². The van der Waals surface area contributed by atoms with E-state index in [0.29, 0.717) is 6.04 Å². The van der Waals surface area contributed by atoms with Gasteiger partial charge in [-0.2, -0.15) is 10.2 Å². The molecular formula is C12H19N5. The highest BCUT2D eigenvalue weighted by Crippen LogP contribution is 2.09. The number of nitrogens with one attached hydrogen (secondary N) is 1. The summed E-state index contributed by atoms with van der Waals surface area (Å²) in [5.41, 5.74) is 2.41. The van der Waals surface area contributed by atoms with Crippen LogP contribution < -0.4 is 5.32 Å². The van der Waals surface area contributed by atoms with Gasteiger partial charge in [0.25, 0.3) is 0 Å². The molecule has 2 aromatic rings. The minimum absolute atomic E-state index is 0.320. The van der Waals surface area contributed by atoms with Crippen molar-refractivity contribution in [2.24, 2.45) is 7.05 Å². The van der Waals surface area contributed by atoms with Gasteiger partial charge in [0.1, 0.15) is 0 Å². The Morgan fingerprint density at radius 2 is 2.12 bits per heavy atom. The molecule has 5 nitrogen and oxygen atoms in total. The maximum absolute atomic E-state index is 4.25. The van der Waals surface area contributed by atoms with Crippen LogP contribution in [0, 0.1) is 6.92 Å². The Balaban J connectivity index is 1.78. The molecular weight excluding hydrogens is 214 g/mol. The van der Waals surface area contributed by atoms with Crippen LogP contribution in [0.5, 0.6) is 0 Å². The molecule has 0 aliphatic carbocycles. The number of hydrogen-bond donors (Lipinski definition) is 1. The lowest BCUT2D eigenvalue weighted by atomic mass is 10.2. The lowest BCUT2D eigenvalue weighted by Crippen LogP contribution is -2.23. The van der Waals surface area contributed by atoms with Crippen LogP contribution >= 0.6 is 0 Å². The van der Waals surface area contributed by atoms with Crippen molar-refractivity contribution in [2.75, 3.05) is 6.54 Å². The van der Waals surface area contributed by atoms with Crippen LogP contribution in [0.3, 0.4) is 0 Å². The number of nitrogens with zero attached hydrogens (tertiary/aromatic N) is 4. The largest absolute Gasteiger partial charge is 0.308 e. The van der Waals surface area contributed by atoms with E-state index in [1.165, 1.54) is 11.1 Å². The first kappa shape index (κ1) is 11.9. The van der Waals surface area contributed by atoms with Gasteiger partial charge in [0, 0.05) is 37.6 Å². The normalized spacial score (nSPS) is 12.9. The van der Waals surface area contributed by atoms with Crippen LogP contribution in [0.25, 0.3) is 0 Å². The number of aromatic nitrogens is 4. The molecule has 0 bridgehead atoms. The molecule has 0 unspecified atom stereocenters. The van der Waals surface area contributed by atoms with Crippen molar-refractivity contribution in [3.8, 4) is 0 Å². The van der Waals surface area contributed by atoms with Crippen molar-refractivity contribution in [3.05, 3.63) is 35.9 Å². The quantitative estimate of drug-likeness (QED) is 0.846. The van der Waals surface area contributed by atoms with E-state index in [2.05, 4.69) is 35.6 Å². The third-order valence-electron chi connectivity index (χ3n) is 2.78. The minimum Gasteiger partial charge on any atom is -0.308 e. The predicted molar refractivity (Wildman–Crippen MR) is 66.6 cm³/mol. The minimum atomic E-state index is 0.320. The maximum atomic E-state index is 4.25. The molecule has 0 amide bonds. The van der Waals surface area contributed by atoms with Crippen LogP contribution in [0.1, 0.15) is 24.1 Å². The van der Waals surface area contributed by atoms with Gasteiger partial charge in [-0.25, -0.2) is 0 Å². The first-order valence-electron chi connectivity index (χ1n) is 5.86. The zero-order valence-corrected chi connectivity index (χ0v) is 10.6. The van der Waals surface area contributed by atoms with E-state index < -0.39 is 0 Å². The van der Waals surface area contributed by atoms with Crippen molar-refractivity contribution in [1.82, 2.24) is 24.9 Å². The van der Waals surface area contributed by atoms with Gasteiger partial charge < -0.3 is 5.32 Å². The first-order valence-corrected chi connectivity index (χ1v) is 5.86. The average molecular weight is 233 g/mol. The van der Waals surface area contributed by atoms with Crippen molar-refractivity contribution in [2.45, 2.75) is 26.4 Å². The van der Waals surface area contributed by atoms with Gasteiger partial charge in [-0.1, -0.05) is 0 Å². The SMILES string of the molecule is Cc1cnn(CCN[C@H](C)c2cnn(C)c2)c1. The lowest BCUT2D eigenvalue weighted by molar-refractivity contribution is 0.507. The van der Waals surface area contributed by atoms with Gasteiger partial charge in [0.15, 0.2) is 0 Å². The first-order chi connectivity index (χ1) is 8.15. The molecule has 1 N–H and O–H groups in total. The summed E-state index contributed by atoms with van der Waals surface area (Å²) in [5.74, 6) is 0. The molecule has 0 fully saturated rings. The molecule has 1 atom stereocenters. The van der Waals surface area contributed by atoms with Crippen molar-refractivity contribution < 1.29 is 0 Å². The van der Waals surface area contributed by atoms with Crippen LogP contribution in [-0.4, -0.2) is 26.1 Å². The van der Waals surface area contributed by atoms with Crippen LogP contribution in [0.2, 0.25) is 0 Å². The number of rotatable bonds is 5. The highest BCUT2D eigenvalue weighted by atomic mass is 15.3. The number of aryl methyl sites for hydroxylation is 2. The molecule has 17 heavy (non-hydrogen) atoms. The second-order valence-electron chi connectivity index (χ2n) is 4.40. The van der Waals surface area contributed by atoms with E-state index in [0.717, 1.165) is 13.1 Å². The molecule has 0 aliphatic heterocycles. The predicted octanol–water partition coefficient (Wildman–Crippen LogP) is 1.28. The standard InChI is InChI=1S/C12H19N5/c1-10-6-15-17(8-10)5-4-13-11(2)12-7-14-16(3)9-12/h6-9,11,13H,4-5H2,1-3H3/t11-/m1/s1. The van der Waals surface area contributed by atoms with Crippen molar-refractivity contribution >= 4 is 0 Å². The molecule has 92 valence electrons. The molecule has 0 saturated carbocycles. The Morgan fingerprint density at radius 3 is 2.71 bits per heavy atom. The molecule has 5 heteroatoms. The smallest absolute Gasteiger partial charge is 0.0537 e. The zero-order valence-electron chi connectivity index (χ0n) is 10.6. The zero-order chi connectivity index (χ0) is 12.3. The van der Waals surface area contributed by atoms with E-state index in [-0.39, 0.29) is 0 Å². The van der Waals surface area contributed by atoms with E-state index >= 15 is 0 Å². The maximum Gasteiger partial charge on any atom is 0.0537 e. The van der Waals surface area contributed by atoms with E-state index in [9.17, 15) is 0 Å². The Hall–Kier alpha value is -1.62. The molecule has 2 heterocycles. The van der Waals surface area contributed by atoms with E-state index in [4.69, 9.17) is 0 Å². The fraction of sp³-hybridized carbons (Fsp3) is 0.500. The molecule has 0 radical (unpaired) electrons. The Labute approximate surface area is 101 Å². The van der Waals surface area contributed by atoms with Crippen molar-refractivity contribution in [3.63, 3.8) is 0 Å². The van der Waals surface area contributed by atoms with Gasteiger partial charge in [-0.05, 0) is 19.4 Å². The summed E-state index contributed by atoms with van der Waals surface area (Å²) < 4.78 is 3.78. The second kappa shape index (κ2) is 5.14. The number of hydrogen-bond acceptors (Lipinski definition) is 3. The van der Waals surface area contributed by atoms with Gasteiger partial charge in [-0.3, -0.25) is 9.36 Å². The average Bonchev–Trinajstić information content (AvgIpc) is 2.88. The third-order valence-corrected chi connectivity index (χ3v) is 2.78. The highest BCUT2D eigenvalue weighted by Gasteiger charge is 2.06. The Kier molecular flexibility index (Phi) is 3.58. The summed E-state index contributed by atoms with van der Waals surface area (Å²) in [5, 5.41) is 11.9. The highest BCUT2D eigenvalue weighted by molar-refractivity contribution is 5.08. The summed E-state index contributed by atoms with van der Waals surface area (Å²) in [6.07, 6.45) is 7.87. The van der Waals surface area contributed by atoms with Crippen LogP contribution in [0.4, 0.5) is 0 Å². The lowest BCUT2D eigenvalue weighted by Gasteiger charge is -2.11. The van der Waals surface area contributed by atoms with Gasteiger partial charge in [-0.15, -0.1) is 0 Å². The summed E-state index contributed by atoms with van der Waals surface area (Å²) in [4.78, 5) is 0. The fourth-order valence-corrected chi connectivity index (χ4v) is 1.77. The van der Waals surface area contributed by atoms with Gasteiger partial charge in [0.05, 0.1) is 18.9 Å². The van der Waals surface area contributed by atoms with E-state index in [1.807, 2.05) is 35.0 Å². The molecule has 0 aromatic carbocycles. The molecule has 2 aromatic heterocycles.